The molecule has 3 aromatic rings. The number of H-pyrrole nitrogens is 1. The predicted octanol–water partition coefficient (Wildman–Crippen LogP) is 4.10. The van der Waals surface area contributed by atoms with Crippen molar-refractivity contribution >= 4 is 28.4 Å². The Morgan fingerprint density at radius 2 is 1.95 bits per heavy atom. The van der Waals surface area contributed by atoms with Crippen LogP contribution in [-0.4, -0.2) is 17.4 Å². The molecular formula is C18H17ClN2O. The van der Waals surface area contributed by atoms with E-state index in [1.807, 2.05) is 55.5 Å². The fourth-order valence-electron chi connectivity index (χ4n) is 2.67. The van der Waals surface area contributed by atoms with E-state index in [4.69, 9.17) is 11.6 Å². The van der Waals surface area contributed by atoms with Crippen LogP contribution in [0.5, 0.6) is 0 Å². The van der Waals surface area contributed by atoms with E-state index in [1.165, 1.54) is 5.56 Å². The van der Waals surface area contributed by atoms with Gasteiger partial charge in [0.15, 0.2) is 0 Å². The minimum Gasteiger partial charge on any atom is -0.358 e. The van der Waals surface area contributed by atoms with Crippen LogP contribution in [0.2, 0.25) is 5.02 Å². The SMILES string of the molecule is Cc1[nH]c2ccc(Cl)cc2c1CCNC(=O)c1ccccc1. The summed E-state index contributed by atoms with van der Waals surface area (Å²) in [6, 6.07) is 15.1. The minimum atomic E-state index is -0.0453. The number of aromatic amines is 1. The van der Waals surface area contributed by atoms with Gasteiger partial charge in [0, 0.05) is 33.7 Å². The summed E-state index contributed by atoms with van der Waals surface area (Å²) in [6.07, 6.45) is 0.769. The number of aromatic nitrogens is 1. The second-order valence-electron chi connectivity index (χ2n) is 5.29. The van der Waals surface area contributed by atoms with Crippen LogP contribution in [0.3, 0.4) is 0 Å². The number of carbonyl (C=O) groups excluding carboxylic acids is 1. The summed E-state index contributed by atoms with van der Waals surface area (Å²) >= 11 is 6.08. The number of benzene rings is 2. The fourth-order valence-corrected chi connectivity index (χ4v) is 2.84. The monoisotopic (exact) mass is 312 g/mol. The normalized spacial score (nSPS) is 10.8. The molecule has 2 N–H and O–H groups in total. The second-order valence-corrected chi connectivity index (χ2v) is 5.73. The molecule has 1 heterocycles. The Balaban J connectivity index is 1.71. The number of nitrogens with one attached hydrogen (secondary N) is 2. The van der Waals surface area contributed by atoms with Gasteiger partial charge in [0.25, 0.3) is 5.91 Å². The second kappa shape index (κ2) is 6.24. The first-order chi connectivity index (χ1) is 10.6. The molecule has 0 aliphatic carbocycles. The fraction of sp³-hybridized carbons (Fsp3) is 0.167. The highest BCUT2D eigenvalue weighted by atomic mass is 35.5. The van der Waals surface area contributed by atoms with Crippen molar-refractivity contribution in [2.45, 2.75) is 13.3 Å². The van der Waals surface area contributed by atoms with Crippen molar-refractivity contribution in [3.05, 3.63) is 70.4 Å². The summed E-state index contributed by atoms with van der Waals surface area (Å²) in [6.45, 7) is 2.64. The number of aryl methyl sites for hydroxylation is 1. The van der Waals surface area contributed by atoms with Crippen molar-refractivity contribution in [1.82, 2.24) is 10.3 Å². The lowest BCUT2D eigenvalue weighted by atomic mass is 10.1. The molecule has 4 heteroatoms. The van der Waals surface area contributed by atoms with E-state index in [0.29, 0.717) is 12.1 Å². The Hall–Kier alpha value is -2.26. The number of halogens is 1. The van der Waals surface area contributed by atoms with Crippen molar-refractivity contribution in [2.75, 3.05) is 6.54 Å². The van der Waals surface area contributed by atoms with Gasteiger partial charge in [-0.1, -0.05) is 29.8 Å². The molecule has 3 nitrogen and oxygen atoms in total. The molecule has 112 valence electrons. The zero-order chi connectivity index (χ0) is 15.5. The minimum absolute atomic E-state index is 0.0453. The molecule has 3 rings (SSSR count). The Morgan fingerprint density at radius 1 is 1.18 bits per heavy atom. The lowest BCUT2D eigenvalue weighted by Gasteiger charge is -2.06. The van der Waals surface area contributed by atoms with Gasteiger partial charge in [0.1, 0.15) is 0 Å². The third kappa shape index (κ3) is 3.00. The molecule has 0 saturated carbocycles. The largest absolute Gasteiger partial charge is 0.358 e. The Labute approximate surface area is 134 Å². The highest BCUT2D eigenvalue weighted by Gasteiger charge is 2.10. The van der Waals surface area contributed by atoms with Gasteiger partial charge in [0.05, 0.1) is 0 Å². The van der Waals surface area contributed by atoms with Gasteiger partial charge in [-0.15, -0.1) is 0 Å². The van der Waals surface area contributed by atoms with Gasteiger partial charge in [-0.2, -0.15) is 0 Å². The molecule has 0 radical (unpaired) electrons. The third-order valence-corrected chi connectivity index (χ3v) is 4.01. The Kier molecular flexibility index (Phi) is 4.16. The molecule has 1 aromatic heterocycles. The maximum absolute atomic E-state index is 12.0. The first-order valence-electron chi connectivity index (χ1n) is 7.25. The molecule has 0 spiro atoms. The van der Waals surface area contributed by atoms with Crippen molar-refractivity contribution in [1.29, 1.82) is 0 Å². The van der Waals surface area contributed by atoms with E-state index in [9.17, 15) is 4.79 Å². The number of amides is 1. The smallest absolute Gasteiger partial charge is 0.251 e. The van der Waals surface area contributed by atoms with Crippen molar-refractivity contribution in [3.63, 3.8) is 0 Å². The summed E-state index contributed by atoms with van der Waals surface area (Å²) in [5, 5.41) is 4.81. The topological polar surface area (TPSA) is 44.9 Å². The van der Waals surface area contributed by atoms with E-state index in [2.05, 4.69) is 10.3 Å². The van der Waals surface area contributed by atoms with Crippen LogP contribution >= 0.6 is 11.6 Å². The zero-order valence-electron chi connectivity index (χ0n) is 12.3. The summed E-state index contributed by atoms with van der Waals surface area (Å²) in [5.41, 5.74) is 4.07. The molecule has 0 bridgehead atoms. The molecule has 0 saturated heterocycles. The van der Waals surface area contributed by atoms with Gasteiger partial charge in [-0.05, 0) is 49.2 Å². The van der Waals surface area contributed by atoms with E-state index in [0.717, 1.165) is 28.0 Å². The number of carbonyl (C=O) groups is 1. The zero-order valence-corrected chi connectivity index (χ0v) is 13.1. The number of hydrogen-bond acceptors (Lipinski definition) is 1. The van der Waals surface area contributed by atoms with Crippen molar-refractivity contribution in [3.8, 4) is 0 Å². The molecule has 2 aromatic carbocycles. The summed E-state index contributed by atoms with van der Waals surface area (Å²) in [5.74, 6) is -0.0453. The molecule has 0 aliphatic rings. The Morgan fingerprint density at radius 3 is 2.73 bits per heavy atom. The Bertz CT molecular complexity index is 809. The van der Waals surface area contributed by atoms with Gasteiger partial charge in [-0.25, -0.2) is 0 Å². The number of hydrogen-bond donors (Lipinski definition) is 2. The molecule has 22 heavy (non-hydrogen) atoms. The quantitative estimate of drug-likeness (QED) is 0.748. The maximum Gasteiger partial charge on any atom is 0.251 e. The molecule has 0 atom stereocenters. The van der Waals surface area contributed by atoms with Gasteiger partial charge in [0.2, 0.25) is 0 Å². The van der Waals surface area contributed by atoms with E-state index in [1.54, 1.807) is 0 Å². The highest BCUT2D eigenvalue weighted by molar-refractivity contribution is 6.31. The van der Waals surface area contributed by atoms with Crippen molar-refractivity contribution in [2.24, 2.45) is 0 Å². The van der Waals surface area contributed by atoms with Crippen LogP contribution in [0.15, 0.2) is 48.5 Å². The first-order valence-corrected chi connectivity index (χ1v) is 7.63. The van der Waals surface area contributed by atoms with E-state index in [-0.39, 0.29) is 5.91 Å². The van der Waals surface area contributed by atoms with Crippen LogP contribution in [0.1, 0.15) is 21.6 Å². The average Bonchev–Trinajstić information content (AvgIpc) is 2.83. The van der Waals surface area contributed by atoms with Crippen molar-refractivity contribution < 1.29 is 4.79 Å². The summed E-state index contributed by atoms with van der Waals surface area (Å²) < 4.78 is 0. The van der Waals surface area contributed by atoms with Crippen LogP contribution < -0.4 is 5.32 Å². The average molecular weight is 313 g/mol. The first kappa shape index (κ1) is 14.7. The lowest BCUT2D eigenvalue weighted by molar-refractivity contribution is 0.0954. The standard InChI is InChI=1S/C18H17ClN2O/c1-12-15(16-11-14(19)7-8-17(16)21-12)9-10-20-18(22)13-5-3-2-4-6-13/h2-8,11,21H,9-10H2,1H3,(H,20,22). The van der Waals surface area contributed by atoms with Crippen LogP contribution in [0.4, 0.5) is 0 Å². The molecule has 0 unspecified atom stereocenters. The van der Waals surface area contributed by atoms with E-state index >= 15 is 0 Å². The molecule has 0 aliphatic heterocycles. The predicted molar refractivity (Wildman–Crippen MR) is 90.5 cm³/mol. The third-order valence-electron chi connectivity index (χ3n) is 3.78. The van der Waals surface area contributed by atoms with E-state index < -0.39 is 0 Å². The molecular weight excluding hydrogens is 296 g/mol. The molecule has 0 fully saturated rings. The van der Waals surface area contributed by atoms with Gasteiger partial charge in [-0.3, -0.25) is 4.79 Å². The lowest BCUT2D eigenvalue weighted by Crippen LogP contribution is -2.25. The molecule has 1 amide bonds. The van der Waals surface area contributed by atoms with Crippen LogP contribution in [0, 0.1) is 6.92 Å². The highest BCUT2D eigenvalue weighted by Crippen LogP contribution is 2.25. The van der Waals surface area contributed by atoms with Crippen LogP contribution in [-0.2, 0) is 6.42 Å². The summed E-state index contributed by atoms with van der Waals surface area (Å²) in [4.78, 5) is 15.4. The number of fused-ring (bicyclic) bond motifs is 1. The van der Waals surface area contributed by atoms with Gasteiger partial charge >= 0.3 is 0 Å². The number of rotatable bonds is 4. The van der Waals surface area contributed by atoms with Crippen LogP contribution in [0.25, 0.3) is 10.9 Å². The van der Waals surface area contributed by atoms with Gasteiger partial charge < -0.3 is 10.3 Å². The summed E-state index contributed by atoms with van der Waals surface area (Å²) in [7, 11) is 0. The maximum atomic E-state index is 12.0.